The van der Waals surface area contributed by atoms with Crippen molar-refractivity contribution in [1.29, 1.82) is 0 Å². The van der Waals surface area contributed by atoms with Gasteiger partial charge in [-0.3, -0.25) is 4.68 Å². The van der Waals surface area contributed by atoms with Gasteiger partial charge in [0, 0.05) is 13.1 Å². The van der Waals surface area contributed by atoms with Crippen LogP contribution in [-0.4, -0.2) is 27.6 Å². The van der Waals surface area contributed by atoms with Gasteiger partial charge in [0.15, 0.2) is 11.5 Å². The number of aryl methyl sites for hydroxylation is 1. The summed E-state index contributed by atoms with van der Waals surface area (Å²) in [5.74, 6) is 1.44. The third kappa shape index (κ3) is 4.46. The van der Waals surface area contributed by atoms with E-state index in [9.17, 15) is 0 Å². The molecule has 2 rings (SSSR count). The van der Waals surface area contributed by atoms with Gasteiger partial charge in [-0.25, -0.2) is 0 Å². The number of hydrogen-bond acceptors (Lipinski definition) is 5. The molecule has 0 aliphatic carbocycles. The highest BCUT2D eigenvalue weighted by Gasteiger charge is 2.09. The van der Waals surface area contributed by atoms with Crippen LogP contribution in [0.4, 0.5) is 0 Å². The molecule has 0 bridgehead atoms. The Morgan fingerprint density at radius 1 is 1.29 bits per heavy atom. The second-order valence-electron chi connectivity index (χ2n) is 5.07. The van der Waals surface area contributed by atoms with Gasteiger partial charge in [0.2, 0.25) is 0 Å². The van der Waals surface area contributed by atoms with Crippen LogP contribution in [0.2, 0.25) is 0 Å². The van der Waals surface area contributed by atoms with Gasteiger partial charge in [-0.1, -0.05) is 11.3 Å². The van der Waals surface area contributed by atoms with Gasteiger partial charge in [-0.05, 0) is 38.0 Å². The number of aromatic nitrogens is 3. The number of benzene rings is 1. The molecule has 1 atom stereocenters. The summed E-state index contributed by atoms with van der Waals surface area (Å²) in [6, 6.07) is 6.03. The molecule has 21 heavy (non-hydrogen) atoms. The predicted molar refractivity (Wildman–Crippen MR) is 80.3 cm³/mol. The maximum absolute atomic E-state index is 5.83. The summed E-state index contributed by atoms with van der Waals surface area (Å²) < 4.78 is 13.1. The molecule has 1 aromatic heterocycles. The van der Waals surface area contributed by atoms with Crippen LogP contribution in [-0.2, 0) is 20.1 Å². The lowest BCUT2D eigenvalue weighted by atomic mass is 10.1. The lowest BCUT2D eigenvalue weighted by Gasteiger charge is -2.13. The Morgan fingerprint density at radius 2 is 2.10 bits per heavy atom. The minimum Gasteiger partial charge on any atom is -0.490 e. The topological polar surface area (TPSA) is 75.2 Å². The lowest BCUT2D eigenvalue weighted by Crippen LogP contribution is -2.17. The molecule has 0 saturated heterocycles. The van der Waals surface area contributed by atoms with E-state index < -0.39 is 0 Å². The lowest BCUT2D eigenvalue weighted by molar-refractivity contribution is 0.266. The van der Waals surface area contributed by atoms with Crippen molar-refractivity contribution in [3.8, 4) is 11.5 Å². The molecule has 0 aliphatic rings. The Kier molecular flexibility index (Phi) is 5.16. The summed E-state index contributed by atoms with van der Waals surface area (Å²) >= 11 is 0. The van der Waals surface area contributed by atoms with Gasteiger partial charge in [0.05, 0.1) is 12.8 Å². The molecule has 2 aromatic rings. The van der Waals surface area contributed by atoms with E-state index in [1.54, 1.807) is 4.68 Å². The van der Waals surface area contributed by atoms with E-state index in [2.05, 4.69) is 10.3 Å². The fourth-order valence-electron chi connectivity index (χ4n) is 2.05. The highest BCUT2D eigenvalue weighted by Crippen LogP contribution is 2.29. The molecule has 0 fully saturated rings. The summed E-state index contributed by atoms with van der Waals surface area (Å²) in [6.07, 6.45) is 2.63. The molecule has 1 aromatic carbocycles. The molecule has 114 valence electrons. The number of hydrogen-bond donors (Lipinski definition) is 1. The summed E-state index contributed by atoms with van der Waals surface area (Å²) in [5, 5.41) is 7.87. The molecule has 6 heteroatoms. The SMILES string of the molecule is CCOc1cc(CC(C)N)ccc1OCc1cn(C)nn1. The first-order valence-electron chi connectivity index (χ1n) is 7.07. The quantitative estimate of drug-likeness (QED) is 0.839. The minimum absolute atomic E-state index is 0.117. The standard InChI is InChI=1S/C15H22N4O2/c1-4-20-15-8-12(7-11(2)16)5-6-14(15)21-10-13-9-19(3)18-17-13/h5-6,8-9,11H,4,7,10,16H2,1-3H3. The third-order valence-electron chi connectivity index (χ3n) is 2.89. The van der Waals surface area contributed by atoms with E-state index in [-0.39, 0.29) is 6.04 Å². The fourth-order valence-corrected chi connectivity index (χ4v) is 2.05. The van der Waals surface area contributed by atoms with E-state index in [1.807, 2.05) is 45.3 Å². The summed E-state index contributed by atoms with van der Waals surface area (Å²) in [4.78, 5) is 0. The Balaban J connectivity index is 2.09. The van der Waals surface area contributed by atoms with Crippen molar-refractivity contribution in [3.63, 3.8) is 0 Å². The largest absolute Gasteiger partial charge is 0.490 e. The van der Waals surface area contributed by atoms with E-state index in [0.29, 0.717) is 19.0 Å². The molecule has 0 aliphatic heterocycles. The maximum Gasteiger partial charge on any atom is 0.161 e. The van der Waals surface area contributed by atoms with E-state index in [1.165, 1.54) is 0 Å². The van der Waals surface area contributed by atoms with Crippen LogP contribution in [0.3, 0.4) is 0 Å². The van der Waals surface area contributed by atoms with Gasteiger partial charge >= 0.3 is 0 Å². The van der Waals surface area contributed by atoms with Gasteiger partial charge in [-0.2, -0.15) is 0 Å². The average Bonchev–Trinajstić information content (AvgIpc) is 2.83. The molecular formula is C15H22N4O2. The van der Waals surface area contributed by atoms with Crippen molar-refractivity contribution in [2.45, 2.75) is 32.9 Å². The fraction of sp³-hybridized carbons (Fsp3) is 0.467. The number of rotatable bonds is 7. The molecule has 1 unspecified atom stereocenters. The molecule has 0 radical (unpaired) electrons. The Labute approximate surface area is 124 Å². The molecule has 6 nitrogen and oxygen atoms in total. The van der Waals surface area contributed by atoms with Crippen LogP contribution in [0.25, 0.3) is 0 Å². The van der Waals surface area contributed by atoms with Crippen molar-refractivity contribution >= 4 is 0 Å². The zero-order valence-electron chi connectivity index (χ0n) is 12.7. The average molecular weight is 290 g/mol. The molecule has 0 amide bonds. The molecule has 2 N–H and O–H groups in total. The van der Waals surface area contributed by atoms with Crippen LogP contribution in [0, 0.1) is 0 Å². The van der Waals surface area contributed by atoms with Crippen LogP contribution in [0.5, 0.6) is 11.5 Å². The number of nitrogens with zero attached hydrogens (tertiary/aromatic N) is 3. The first-order chi connectivity index (χ1) is 10.1. The normalized spacial score (nSPS) is 12.2. The number of nitrogens with two attached hydrogens (primary N) is 1. The summed E-state index contributed by atoms with van der Waals surface area (Å²) in [6.45, 7) is 4.88. The van der Waals surface area contributed by atoms with Crippen molar-refractivity contribution < 1.29 is 9.47 Å². The molecule has 1 heterocycles. The van der Waals surface area contributed by atoms with E-state index >= 15 is 0 Å². The maximum atomic E-state index is 5.83. The van der Waals surface area contributed by atoms with Gasteiger partial charge < -0.3 is 15.2 Å². The van der Waals surface area contributed by atoms with E-state index in [0.717, 1.165) is 23.4 Å². The highest BCUT2D eigenvalue weighted by molar-refractivity contribution is 5.43. The van der Waals surface area contributed by atoms with Crippen molar-refractivity contribution in [1.82, 2.24) is 15.0 Å². The second kappa shape index (κ2) is 7.08. The minimum atomic E-state index is 0.117. The smallest absolute Gasteiger partial charge is 0.161 e. The van der Waals surface area contributed by atoms with Gasteiger partial charge in [0.1, 0.15) is 12.3 Å². The third-order valence-corrected chi connectivity index (χ3v) is 2.89. The zero-order chi connectivity index (χ0) is 15.2. The van der Waals surface area contributed by atoms with Crippen LogP contribution >= 0.6 is 0 Å². The van der Waals surface area contributed by atoms with Crippen LogP contribution in [0.15, 0.2) is 24.4 Å². The second-order valence-corrected chi connectivity index (χ2v) is 5.07. The van der Waals surface area contributed by atoms with Crippen LogP contribution < -0.4 is 15.2 Å². The summed E-state index contributed by atoms with van der Waals surface area (Å²) in [5.41, 5.74) is 7.75. The predicted octanol–water partition coefficient (Wildman–Crippen LogP) is 1.68. The Hall–Kier alpha value is -2.08. The molecular weight excluding hydrogens is 268 g/mol. The zero-order valence-corrected chi connectivity index (χ0v) is 12.7. The van der Waals surface area contributed by atoms with Crippen molar-refractivity contribution in [2.75, 3.05) is 6.61 Å². The van der Waals surface area contributed by atoms with Gasteiger partial charge in [-0.15, -0.1) is 5.10 Å². The van der Waals surface area contributed by atoms with Crippen molar-refractivity contribution in [2.24, 2.45) is 12.8 Å². The van der Waals surface area contributed by atoms with Gasteiger partial charge in [0.25, 0.3) is 0 Å². The Morgan fingerprint density at radius 3 is 2.71 bits per heavy atom. The van der Waals surface area contributed by atoms with Crippen LogP contribution in [0.1, 0.15) is 25.1 Å². The van der Waals surface area contributed by atoms with E-state index in [4.69, 9.17) is 15.2 Å². The Bertz CT molecular complexity index is 581. The highest BCUT2D eigenvalue weighted by atomic mass is 16.5. The molecule has 0 saturated carbocycles. The first kappa shape index (κ1) is 15.3. The van der Waals surface area contributed by atoms with Crippen molar-refractivity contribution in [3.05, 3.63) is 35.7 Å². The summed E-state index contributed by atoms with van der Waals surface area (Å²) in [7, 11) is 1.82. The molecule has 0 spiro atoms. The monoisotopic (exact) mass is 290 g/mol. The first-order valence-corrected chi connectivity index (χ1v) is 7.07. The number of ether oxygens (including phenoxy) is 2.